The Kier molecular flexibility index (Phi) is 8.04. The van der Waals surface area contributed by atoms with Crippen molar-refractivity contribution in [2.75, 3.05) is 0 Å². The SMILES string of the molecule is CC[Si](CC)(CC)O[C@@H]1C[C@@H](n2nc(C)cc2C)C(S(=O)(=O)c2ccccc2)=C[C@@H](O)[C@@H]1C. The topological polar surface area (TPSA) is 81.4 Å². The van der Waals surface area contributed by atoms with E-state index in [2.05, 4.69) is 25.9 Å². The first-order valence-electron chi connectivity index (χ1n) is 12.0. The third-order valence-corrected chi connectivity index (χ3v) is 13.9. The van der Waals surface area contributed by atoms with Gasteiger partial charge in [-0.25, -0.2) is 8.42 Å². The highest BCUT2D eigenvalue weighted by Crippen LogP contribution is 2.40. The molecule has 3 rings (SSSR count). The van der Waals surface area contributed by atoms with Crippen LogP contribution >= 0.6 is 0 Å². The van der Waals surface area contributed by atoms with Crippen molar-refractivity contribution in [1.82, 2.24) is 9.78 Å². The maximum Gasteiger partial charge on any atom is 0.204 e. The third-order valence-electron chi connectivity index (χ3n) is 7.28. The molecule has 1 aromatic carbocycles. The van der Waals surface area contributed by atoms with E-state index in [9.17, 15) is 13.5 Å². The van der Waals surface area contributed by atoms with Gasteiger partial charge in [0.05, 0.1) is 33.7 Å². The van der Waals surface area contributed by atoms with Crippen LogP contribution in [0.4, 0.5) is 0 Å². The zero-order valence-corrected chi connectivity index (χ0v) is 22.5. The van der Waals surface area contributed by atoms with Crippen LogP contribution in [0.15, 0.2) is 52.3 Å². The number of hydrogen-bond donors (Lipinski definition) is 1. The van der Waals surface area contributed by atoms with Crippen LogP contribution < -0.4 is 0 Å². The first-order chi connectivity index (χ1) is 15.6. The molecule has 182 valence electrons. The summed E-state index contributed by atoms with van der Waals surface area (Å²) < 4.78 is 36.3. The van der Waals surface area contributed by atoms with Crippen molar-refractivity contribution in [1.29, 1.82) is 0 Å². The van der Waals surface area contributed by atoms with Gasteiger partial charge in [-0.2, -0.15) is 5.10 Å². The summed E-state index contributed by atoms with van der Waals surface area (Å²) in [6.45, 7) is 12.3. The van der Waals surface area contributed by atoms with E-state index in [1.165, 1.54) is 6.08 Å². The van der Waals surface area contributed by atoms with Crippen LogP contribution in [0.2, 0.25) is 18.1 Å². The average molecular weight is 491 g/mol. The van der Waals surface area contributed by atoms with Gasteiger partial charge >= 0.3 is 0 Å². The Labute approximate surface area is 199 Å². The molecule has 0 fully saturated rings. The van der Waals surface area contributed by atoms with Gasteiger partial charge in [-0.1, -0.05) is 45.9 Å². The minimum absolute atomic E-state index is 0.196. The predicted octanol–water partition coefficient (Wildman–Crippen LogP) is 5.19. The van der Waals surface area contributed by atoms with E-state index in [1.54, 1.807) is 35.0 Å². The number of allylic oxidation sites excluding steroid dienone is 1. The van der Waals surface area contributed by atoms with Crippen molar-refractivity contribution in [3.8, 4) is 0 Å². The maximum atomic E-state index is 13.8. The average Bonchev–Trinajstić information content (AvgIpc) is 3.09. The summed E-state index contributed by atoms with van der Waals surface area (Å²) in [4.78, 5) is 0.420. The minimum atomic E-state index is -3.83. The van der Waals surface area contributed by atoms with E-state index >= 15 is 0 Å². The van der Waals surface area contributed by atoms with Crippen molar-refractivity contribution in [3.05, 3.63) is 58.8 Å². The number of benzene rings is 1. The maximum absolute atomic E-state index is 13.8. The minimum Gasteiger partial charge on any atom is -0.413 e. The summed E-state index contributed by atoms with van der Waals surface area (Å²) in [6, 6.07) is 12.8. The first-order valence-corrected chi connectivity index (χ1v) is 16.0. The number of rotatable bonds is 8. The van der Waals surface area contributed by atoms with Crippen LogP contribution in [0, 0.1) is 19.8 Å². The highest BCUT2D eigenvalue weighted by atomic mass is 32.2. The van der Waals surface area contributed by atoms with Gasteiger partial charge in [-0.15, -0.1) is 0 Å². The zero-order chi connectivity index (χ0) is 24.4. The Hall–Kier alpha value is -1.74. The van der Waals surface area contributed by atoms with E-state index in [0.717, 1.165) is 29.5 Å². The summed E-state index contributed by atoms with van der Waals surface area (Å²) in [7, 11) is -5.82. The van der Waals surface area contributed by atoms with Crippen LogP contribution in [-0.2, 0) is 14.3 Å². The summed E-state index contributed by atoms with van der Waals surface area (Å²) in [6.07, 6.45) is 0.792. The monoisotopic (exact) mass is 490 g/mol. The molecule has 33 heavy (non-hydrogen) atoms. The number of hydrogen-bond acceptors (Lipinski definition) is 5. The second-order valence-electron chi connectivity index (χ2n) is 9.26. The van der Waals surface area contributed by atoms with Crippen molar-refractivity contribution >= 4 is 18.2 Å². The molecule has 2 aromatic rings. The highest BCUT2D eigenvalue weighted by molar-refractivity contribution is 7.95. The molecule has 4 atom stereocenters. The highest BCUT2D eigenvalue weighted by Gasteiger charge is 2.42. The lowest BCUT2D eigenvalue weighted by atomic mass is 9.97. The van der Waals surface area contributed by atoms with Crippen molar-refractivity contribution in [3.63, 3.8) is 0 Å². The van der Waals surface area contributed by atoms with Crippen molar-refractivity contribution in [2.24, 2.45) is 5.92 Å². The molecule has 0 aliphatic heterocycles. The smallest absolute Gasteiger partial charge is 0.204 e. The summed E-state index contributed by atoms with van der Waals surface area (Å²) >= 11 is 0. The van der Waals surface area contributed by atoms with Gasteiger partial charge in [-0.3, -0.25) is 4.68 Å². The molecule has 0 unspecified atom stereocenters. The molecule has 0 saturated heterocycles. The zero-order valence-electron chi connectivity index (χ0n) is 20.7. The number of aliphatic hydroxyl groups excluding tert-OH is 1. The lowest BCUT2D eigenvalue weighted by Gasteiger charge is -2.37. The first kappa shape index (κ1) is 25.9. The van der Waals surface area contributed by atoms with Crippen molar-refractivity contribution in [2.45, 2.75) is 89.2 Å². The fraction of sp³-hybridized carbons (Fsp3) is 0.560. The largest absolute Gasteiger partial charge is 0.413 e. The van der Waals surface area contributed by atoms with Crippen LogP contribution in [0.25, 0.3) is 0 Å². The molecule has 1 heterocycles. The van der Waals surface area contributed by atoms with Gasteiger partial charge in [0.1, 0.15) is 0 Å². The molecule has 1 N–H and O–H groups in total. The van der Waals surface area contributed by atoms with Gasteiger partial charge in [-0.05, 0) is 62.7 Å². The number of aromatic nitrogens is 2. The van der Waals surface area contributed by atoms with Crippen molar-refractivity contribution < 1.29 is 18.0 Å². The van der Waals surface area contributed by atoms with E-state index in [-0.39, 0.29) is 21.8 Å². The number of aliphatic hydroxyl groups is 1. The fourth-order valence-corrected chi connectivity index (χ4v) is 9.48. The standard InChI is InChI=1S/C25H38N2O4SSi/c1-7-33(8-2,9-3)31-24-16-22(27-19(5)15-18(4)26-27)25(17-23(28)20(24)6)32(29,30)21-13-11-10-12-14-21/h10-15,17,20,22-24,28H,7-9,16H2,1-6H3/t20-,22+,23+,24+/m0/s1. The second kappa shape index (κ2) is 10.3. The van der Waals surface area contributed by atoms with Gasteiger partial charge in [0.2, 0.25) is 9.84 Å². The molecule has 0 bridgehead atoms. The molecule has 6 nitrogen and oxygen atoms in total. The van der Waals surface area contributed by atoms with Gasteiger partial charge in [0.15, 0.2) is 8.32 Å². The quantitative estimate of drug-likeness (QED) is 0.515. The molecule has 1 aliphatic carbocycles. The van der Waals surface area contributed by atoms with Crippen LogP contribution in [0.1, 0.15) is 51.5 Å². The predicted molar refractivity (Wildman–Crippen MR) is 134 cm³/mol. The normalized spacial score (nSPS) is 24.4. The Balaban J connectivity index is 2.15. The molecular formula is C25H38N2O4SSi. The Bertz CT molecular complexity index is 1070. The van der Waals surface area contributed by atoms with Crippen LogP contribution in [0.3, 0.4) is 0 Å². The van der Waals surface area contributed by atoms with Gasteiger partial charge in [0, 0.05) is 11.6 Å². The summed E-state index contributed by atoms with van der Waals surface area (Å²) in [5, 5.41) is 15.8. The molecule has 0 radical (unpaired) electrons. The van der Waals surface area contributed by atoms with E-state index < -0.39 is 30.3 Å². The van der Waals surface area contributed by atoms with Gasteiger partial charge in [0.25, 0.3) is 0 Å². The molecular weight excluding hydrogens is 452 g/mol. The number of sulfone groups is 1. The molecule has 1 aromatic heterocycles. The summed E-state index contributed by atoms with van der Waals surface area (Å²) in [5.41, 5.74) is 1.72. The summed E-state index contributed by atoms with van der Waals surface area (Å²) in [5.74, 6) is -0.232. The number of aryl methyl sites for hydroxylation is 2. The third kappa shape index (κ3) is 5.19. The Morgan fingerprint density at radius 2 is 1.73 bits per heavy atom. The van der Waals surface area contributed by atoms with Crippen LogP contribution in [0.5, 0.6) is 0 Å². The van der Waals surface area contributed by atoms with E-state index in [1.807, 2.05) is 26.8 Å². The van der Waals surface area contributed by atoms with E-state index in [4.69, 9.17) is 4.43 Å². The van der Waals surface area contributed by atoms with Crippen LogP contribution in [-0.4, -0.2) is 43.8 Å². The molecule has 8 heteroatoms. The van der Waals surface area contributed by atoms with E-state index in [0.29, 0.717) is 6.42 Å². The lowest BCUT2D eigenvalue weighted by molar-refractivity contribution is 0.0478. The molecule has 0 amide bonds. The number of nitrogens with zero attached hydrogens (tertiary/aromatic N) is 2. The molecule has 0 spiro atoms. The Morgan fingerprint density at radius 1 is 1.12 bits per heavy atom. The second-order valence-corrected chi connectivity index (χ2v) is 15.9. The Morgan fingerprint density at radius 3 is 2.24 bits per heavy atom. The molecule has 1 aliphatic rings. The van der Waals surface area contributed by atoms with Gasteiger partial charge < -0.3 is 9.53 Å². The fourth-order valence-electron chi connectivity index (χ4n) is 4.86. The molecule has 0 saturated carbocycles. The lowest BCUT2D eigenvalue weighted by Crippen LogP contribution is -2.44.